The van der Waals surface area contributed by atoms with Crippen LogP contribution in [0.25, 0.3) is 0 Å². The fraction of sp³-hybridized carbons (Fsp3) is 0.222. The number of nitrogens with zero attached hydrogens (tertiary/aromatic N) is 1. The van der Waals surface area contributed by atoms with E-state index in [9.17, 15) is 8.42 Å². The lowest BCUT2D eigenvalue weighted by molar-refractivity contribution is 0.272. The summed E-state index contributed by atoms with van der Waals surface area (Å²) >= 11 is 0. The van der Waals surface area contributed by atoms with Crippen LogP contribution in [0.3, 0.4) is 0 Å². The lowest BCUT2D eigenvalue weighted by atomic mass is 10.1. The van der Waals surface area contributed by atoms with Gasteiger partial charge in [-0.25, -0.2) is 4.18 Å². The molecule has 15 heavy (non-hydrogen) atoms. The van der Waals surface area contributed by atoms with Gasteiger partial charge in [-0.15, -0.1) is 0 Å². The summed E-state index contributed by atoms with van der Waals surface area (Å²) in [6, 6.07) is 8.62. The van der Waals surface area contributed by atoms with Crippen LogP contribution in [0, 0.1) is 11.3 Å². The summed E-state index contributed by atoms with van der Waals surface area (Å²) < 4.78 is 32.9. The van der Waals surface area contributed by atoms with Crippen molar-refractivity contribution in [2.75, 3.05) is 6.61 Å². The highest BCUT2D eigenvalue weighted by Gasteiger charge is 2.03. The zero-order chi connectivity index (χ0) is 11.3. The molecule has 0 radical (unpaired) electrons. The molecule has 0 aliphatic heterocycles. The Morgan fingerprint density at radius 3 is 2.40 bits per heavy atom. The Hall–Kier alpha value is -1.42. The first-order valence-corrected chi connectivity index (χ1v) is 5.48. The van der Waals surface area contributed by atoms with E-state index < -0.39 is 10.4 Å². The summed E-state index contributed by atoms with van der Waals surface area (Å²) in [5.74, 6) is 0. The van der Waals surface area contributed by atoms with Gasteiger partial charge in [-0.3, -0.25) is 4.55 Å². The van der Waals surface area contributed by atoms with Crippen LogP contribution >= 0.6 is 0 Å². The van der Waals surface area contributed by atoms with Gasteiger partial charge >= 0.3 is 10.4 Å². The molecule has 6 heteroatoms. The largest absolute Gasteiger partial charge is 0.397 e. The topological polar surface area (TPSA) is 87.4 Å². The van der Waals surface area contributed by atoms with Gasteiger partial charge in [-0.05, 0) is 24.1 Å². The third-order valence-electron chi connectivity index (χ3n) is 1.71. The number of rotatable bonds is 4. The van der Waals surface area contributed by atoms with E-state index in [0.717, 1.165) is 5.56 Å². The molecule has 1 N–H and O–H groups in total. The third-order valence-corrected chi connectivity index (χ3v) is 2.17. The Labute approximate surface area is 87.9 Å². The highest BCUT2D eigenvalue weighted by molar-refractivity contribution is 7.80. The van der Waals surface area contributed by atoms with Crippen LogP contribution in [-0.2, 0) is 21.0 Å². The van der Waals surface area contributed by atoms with E-state index in [1.54, 1.807) is 24.3 Å². The van der Waals surface area contributed by atoms with Gasteiger partial charge in [0.2, 0.25) is 0 Å². The summed E-state index contributed by atoms with van der Waals surface area (Å²) in [5, 5.41) is 8.52. The van der Waals surface area contributed by atoms with Crippen molar-refractivity contribution in [2.24, 2.45) is 0 Å². The Bertz CT molecular complexity index is 458. The normalized spacial score (nSPS) is 10.9. The molecular formula is C9H9NO4S. The minimum absolute atomic E-state index is 0.120. The average molecular weight is 227 g/mol. The molecule has 80 valence electrons. The predicted octanol–water partition coefficient (Wildman–Crippen LogP) is 0.920. The summed E-state index contributed by atoms with van der Waals surface area (Å²) in [5.41, 5.74) is 1.37. The highest BCUT2D eigenvalue weighted by Crippen LogP contribution is 2.04. The van der Waals surface area contributed by atoms with Crippen molar-refractivity contribution < 1.29 is 17.2 Å². The Morgan fingerprint density at radius 2 is 1.93 bits per heavy atom. The van der Waals surface area contributed by atoms with E-state index >= 15 is 0 Å². The van der Waals surface area contributed by atoms with Gasteiger partial charge in [0.25, 0.3) is 0 Å². The summed E-state index contributed by atoms with van der Waals surface area (Å²) in [6.07, 6.45) is 0.353. The first-order valence-electron chi connectivity index (χ1n) is 4.12. The summed E-state index contributed by atoms with van der Waals surface area (Å²) in [6.45, 7) is -0.120. The molecule has 0 spiro atoms. The molecule has 1 aromatic rings. The van der Waals surface area contributed by atoms with E-state index in [1.807, 2.05) is 6.07 Å². The first-order chi connectivity index (χ1) is 7.01. The summed E-state index contributed by atoms with van der Waals surface area (Å²) in [7, 11) is -4.36. The van der Waals surface area contributed by atoms with Crippen molar-refractivity contribution in [3.05, 3.63) is 35.4 Å². The second-order valence-corrected chi connectivity index (χ2v) is 3.90. The highest BCUT2D eigenvalue weighted by atomic mass is 32.3. The standard InChI is InChI=1S/C9H9NO4S/c10-7-9-3-1-8(2-4-9)5-6-14-15(11,12)13/h1-4H,5-6H2,(H,11,12,13). The maximum absolute atomic E-state index is 10.2. The van der Waals surface area contributed by atoms with Gasteiger partial charge in [0, 0.05) is 0 Å². The molecule has 0 amide bonds. The lowest BCUT2D eigenvalue weighted by Gasteiger charge is -2.00. The molecule has 0 aromatic heterocycles. The van der Waals surface area contributed by atoms with E-state index in [4.69, 9.17) is 9.81 Å². The van der Waals surface area contributed by atoms with Crippen LogP contribution in [0.15, 0.2) is 24.3 Å². The smallest absolute Gasteiger partial charge is 0.264 e. The zero-order valence-electron chi connectivity index (χ0n) is 7.75. The maximum atomic E-state index is 10.2. The minimum Gasteiger partial charge on any atom is -0.264 e. The molecular weight excluding hydrogens is 218 g/mol. The molecule has 0 saturated carbocycles. The van der Waals surface area contributed by atoms with Gasteiger partial charge in [-0.1, -0.05) is 12.1 Å². The molecule has 1 aromatic carbocycles. The van der Waals surface area contributed by atoms with E-state index in [1.165, 1.54) is 0 Å². The van der Waals surface area contributed by atoms with Gasteiger partial charge < -0.3 is 0 Å². The third kappa shape index (κ3) is 4.56. The second-order valence-electron chi connectivity index (χ2n) is 2.81. The van der Waals surface area contributed by atoms with Crippen molar-refractivity contribution >= 4 is 10.4 Å². The fourth-order valence-electron chi connectivity index (χ4n) is 1.01. The predicted molar refractivity (Wildman–Crippen MR) is 52.4 cm³/mol. The summed E-state index contributed by atoms with van der Waals surface area (Å²) in [4.78, 5) is 0. The maximum Gasteiger partial charge on any atom is 0.397 e. The molecule has 5 nitrogen and oxygen atoms in total. The van der Waals surface area contributed by atoms with Gasteiger partial charge in [-0.2, -0.15) is 13.7 Å². The fourth-order valence-corrected chi connectivity index (χ4v) is 1.30. The monoisotopic (exact) mass is 227 g/mol. The van der Waals surface area contributed by atoms with Crippen LogP contribution in [0.2, 0.25) is 0 Å². The molecule has 0 fully saturated rings. The van der Waals surface area contributed by atoms with Crippen LogP contribution in [0.1, 0.15) is 11.1 Å². The SMILES string of the molecule is N#Cc1ccc(CCOS(=O)(=O)O)cc1. The average Bonchev–Trinajstić information content (AvgIpc) is 2.17. The van der Waals surface area contributed by atoms with Crippen molar-refractivity contribution in [3.8, 4) is 6.07 Å². The van der Waals surface area contributed by atoms with Crippen molar-refractivity contribution in [3.63, 3.8) is 0 Å². The molecule has 0 aliphatic carbocycles. The number of benzene rings is 1. The van der Waals surface area contributed by atoms with E-state index in [2.05, 4.69) is 4.18 Å². The lowest BCUT2D eigenvalue weighted by Crippen LogP contribution is -2.06. The van der Waals surface area contributed by atoms with Crippen molar-refractivity contribution in [1.29, 1.82) is 5.26 Å². The van der Waals surface area contributed by atoms with E-state index in [0.29, 0.717) is 12.0 Å². The zero-order valence-corrected chi connectivity index (χ0v) is 8.57. The molecule has 0 unspecified atom stereocenters. The number of hydrogen-bond donors (Lipinski definition) is 1. The molecule has 0 bridgehead atoms. The van der Waals surface area contributed by atoms with Gasteiger partial charge in [0.05, 0.1) is 18.2 Å². The molecule has 0 atom stereocenters. The van der Waals surface area contributed by atoms with Crippen LogP contribution < -0.4 is 0 Å². The molecule has 0 heterocycles. The van der Waals surface area contributed by atoms with Crippen LogP contribution in [0.5, 0.6) is 0 Å². The van der Waals surface area contributed by atoms with Crippen LogP contribution in [0.4, 0.5) is 0 Å². The van der Waals surface area contributed by atoms with Gasteiger partial charge in [0.15, 0.2) is 0 Å². The minimum atomic E-state index is -4.36. The van der Waals surface area contributed by atoms with Crippen LogP contribution in [-0.4, -0.2) is 19.6 Å². The first kappa shape index (κ1) is 11.7. The second kappa shape index (κ2) is 4.89. The molecule has 1 rings (SSSR count). The van der Waals surface area contributed by atoms with Crippen molar-refractivity contribution in [1.82, 2.24) is 0 Å². The van der Waals surface area contributed by atoms with E-state index in [-0.39, 0.29) is 6.61 Å². The quantitative estimate of drug-likeness (QED) is 0.773. The molecule has 0 aliphatic rings. The Morgan fingerprint density at radius 1 is 1.33 bits per heavy atom. The number of hydrogen-bond acceptors (Lipinski definition) is 4. The Balaban J connectivity index is 2.49. The molecule has 0 saturated heterocycles. The van der Waals surface area contributed by atoms with Crippen molar-refractivity contribution in [2.45, 2.75) is 6.42 Å². The van der Waals surface area contributed by atoms with Gasteiger partial charge in [0.1, 0.15) is 0 Å². The Kier molecular flexibility index (Phi) is 3.80. The number of nitriles is 1.